The quantitative estimate of drug-likeness (QED) is 0.849. The first kappa shape index (κ1) is 16.2. The third-order valence-electron chi connectivity index (χ3n) is 3.10. The molecule has 6 nitrogen and oxygen atoms in total. The molecule has 1 unspecified atom stereocenters. The fourth-order valence-corrected chi connectivity index (χ4v) is 2.53. The van der Waals surface area contributed by atoms with Gasteiger partial charge in [-0.1, -0.05) is 12.1 Å². The molecular weight excluding hydrogens is 282 g/mol. The number of rotatable bonds is 5. The van der Waals surface area contributed by atoms with Crippen LogP contribution in [0.4, 0.5) is 5.69 Å². The minimum absolute atomic E-state index is 0.521. The van der Waals surface area contributed by atoms with Gasteiger partial charge in [0, 0.05) is 5.69 Å². The number of amides is 1. The van der Waals surface area contributed by atoms with E-state index in [-0.39, 0.29) is 0 Å². The Bertz CT molecular complexity index is 636. The molecule has 0 aliphatic carbocycles. The molecule has 1 rings (SSSR count). The van der Waals surface area contributed by atoms with Gasteiger partial charge in [0.2, 0.25) is 5.91 Å². The molecule has 0 aliphatic rings. The summed E-state index contributed by atoms with van der Waals surface area (Å²) in [6, 6.07) is 5.27. The average Bonchev–Trinajstić information content (AvgIpc) is 2.33. The van der Waals surface area contributed by atoms with Crippen LogP contribution in [0, 0.1) is 13.8 Å². The molecule has 1 atom stereocenters. The molecular formula is C13H17NO5S. The Morgan fingerprint density at radius 1 is 1.30 bits per heavy atom. The summed E-state index contributed by atoms with van der Waals surface area (Å²) >= 11 is 0. The summed E-state index contributed by atoms with van der Waals surface area (Å²) in [6.45, 7) is 4.72. The Hall–Kier alpha value is -1.89. The second-order valence-corrected chi connectivity index (χ2v) is 6.90. The van der Waals surface area contributed by atoms with Crippen molar-refractivity contribution < 1.29 is 23.1 Å². The molecule has 0 bridgehead atoms. The second kappa shape index (κ2) is 6.04. The van der Waals surface area contributed by atoms with Gasteiger partial charge in [0.25, 0.3) is 0 Å². The largest absolute Gasteiger partial charge is 0.480 e. The average molecular weight is 299 g/mol. The van der Waals surface area contributed by atoms with E-state index in [2.05, 4.69) is 5.32 Å². The Balaban J connectivity index is 2.83. The van der Waals surface area contributed by atoms with Crippen molar-refractivity contribution in [2.24, 2.45) is 0 Å². The van der Waals surface area contributed by atoms with Gasteiger partial charge in [-0.3, -0.25) is 9.59 Å². The number of hydrogen-bond donors (Lipinski definition) is 2. The third-order valence-corrected chi connectivity index (χ3v) is 5.04. The van der Waals surface area contributed by atoms with Crippen LogP contribution in [0.3, 0.4) is 0 Å². The summed E-state index contributed by atoms with van der Waals surface area (Å²) in [6.07, 6.45) is 0. The van der Waals surface area contributed by atoms with Crippen LogP contribution < -0.4 is 5.32 Å². The first-order chi connectivity index (χ1) is 9.15. The zero-order valence-electron chi connectivity index (χ0n) is 11.5. The topological polar surface area (TPSA) is 101 Å². The number of carbonyl (C=O) groups excluding carboxylic acids is 1. The molecule has 0 fully saturated rings. The zero-order valence-corrected chi connectivity index (χ0v) is 12.3. The van der Waals surface area contributed by atoms with E-state index in [0.717, 1.165) is 18.1 Å². The van der Waals surface area contributed by atoms with Crippen molar-refractivity contribution in [2.45, 2.75) is 26.0 Å². The Morgan fingerprint density at radius 3 is 2.45 bits per heavy atom. The molecule has 1 aromatic carbocycles. The number of aryl methyl sites for hydroxylation is 1. The summed E-state index contributed by atoms with van der Waals surface area (Å²) in [5, 5.41) is 9.58. The van der Waals surface area contributed by atoms with Crippen LogP contribution >= 0.6 is 0 Å². The van der Waals surface area contributed by atoms with E-state index in [0.29, 0.717) is 5.69 Å². The maximum Gasteiger partial charge on any atom is 0.321 e. The van der Waals surface area contributed by atoms with E-state index in [1.54, 1.807) is 19.1 Å². The van der Waals surface area contributed by atoms with Gasteiger partial charge in [-0.15, -0.1) is 0 Å². The number of benzene rings is 1. The van der Waals surface area contributed by atoms with Crippen molar-refractivity contribution in [3.05, 3.63) is 29.3 Å². The van der Waals surface area contributed by atoms with Gasteiger partial charge in [-0.05, 0) is 38.0 Å². The van der Waals surface area contributed by atoms with Crippen LogP contribution in [0.5, 0.6) is 0 Å². The molecule has 0 radical (unpaired) electrons. The van der Waals surface area contributed by atoms with Gasteiger partial charge in [0.15, 0.2) is 15.1 Å². The highest BCUT2D eigenvalue weighted by atomic mass is 32.2. The van der Waals surface area contributed by atoms with Crippen molar-refractivity contribution in [2.75, 3.05) is 11.1 Å². The summed E-state index contributed by atoms with van der Waals surface area (Å²) in [7, 11) is -4.01. The molecule has 0 saturated carbocycles. The lowest BCUT2D eigenvalue weighted by Crippen LogP contribution is -2.34. The van der Waals surface area contributed by atoms with Gasteiger partial charge in [0.05, 0.1) is 0 Å². The Morgan fingerprint density at radius 2 is 1.90 bits per heavy atom. The monoisotopic (exact) mass is 299 g/mol. The third kappa shape index (κ3) is 3.80. The van der Waals surface area contributed by atoms with Crippen LogP contribution in [0.15, 0.2) is 18.2 Å². The lowest BCUT2D eigenvalue weighted by Gasteiger charge is -2.12. The number of carboxylic acids is 1. The highest BCUT2D eigenvalue weighted by molar-refractivity contribution is 7.93. The van der Waals surface area contributed by atoms with E-state index in [9.17, 15) is 18.0 Å². The van der Waals surface area contributed by atoms with Crippen molar-refractivity contribution in [1.29, 1.82) is 0 Å². The normalized spacial score (nSPS) is 12.8. The molecule has 0 aromatic heterocycles. The lowest BCUT2D eigenvalue weighted by molar-refractivity contribution is -0.136. The summed E-state index contributed by atoms with van der Waals surface area (Å²) < 4.78 is 23.4. The van der Waals surface area contributed by atoms with Crippen molar-refractivity contribution in [1.82, 2.24) is 0 Å². The van der Waals surface area contributed by atoms with Crippen molar-refractivity contribution in [3.8, 4) is 0 Å². The fourth-order valence-electron chi connectivity index (χ4n) is 1.53. The number of carboxylic acid groups (broad SMARTS) is 1. The van der Waals surface area contributed by atoms with Gasteiger partial charge in [0.1, 0.15) is 5.75 Å². The minimum Gasteiger partial charge on any atom is -0.480 e. The van der Waals surface area contributed by atoms with Gasteiger partial charge in [-0.25, -0.2) is 8.42 Å². The predicted octanol–water partition coefficient (Wildman–Crippen LogP) is 1.13. The predicted molar refractivity (Wildman–Crippen MR) is 75.4 cm³/mol. The number of anilines is 1. The standard InChI is InChI=1S/C13H17NO5S/c1-8-5-4-6-11(9(8)2)14-12(15)7-20(18,19)10(3)13(16)17/h4-6,10H,7H2,1-3H3,(H,14,15)(H,16,17). The molecule has 110 valence electrons. The highest BCUT2D eigenvalue weighted by Crippen LogP contribution is 2.18. The fraction of sp³-hybridized carbons (Fsp3) is 0.385. The maximum absolute atomic E-state index is 11.7. The van der Waals surface area contributed by atoms with Crippen molar-refractivity contribution >= 4 is 27.4 Å². The Kier molecular flexibility index (Phi) is 4.88. The number of aliphatic carboxylic acids is 1. The van der Waals surface area contributed by atoms with E-state index >= 15 is 0 Å². The van der Waals surface area contributed by atoms with Crippen LogP contribution in [-0.2, 0) is 19.4 Å². The van der Waals surface area contributed by atoms with Crippen LogP contribution in [0.2, 0.25) is 0 Å². The lowest BCUT2D eigenvalue weighted by atomic mass is 10.1. The SMILES string of the molecule is Cc1cccc(NC(=O)CS(=O)(=O)C(C)C(=O)O)c1C. The number of carbonyl (C=O) groups is 2. The maximum atomic E-state index is 11.7. The minimum atomic E-state index is -4.01. The highest BCUT2D eigenvalue weighted by Gasteiger charge is 2.30. The first-order valence-electron chi connectivity index (χ1n) is 5.95. The molecule has 2 N–H and O–H groups in total. The number of hydrogen-bond acceptors (Lipinski definition) is 4. The second-order valence-electron chi connectivity index (χ2n) is 4.58. The van der Waals surface area contributed by atoms with Crippen LogP contribution in [0.25, 0.3) is 0 Å². The van der Waals surface area contributed by atoms with E-state index < -0.39 is 32.7 Å². The molecule has 1 amide bonds. The molecule has 0 saturated heterocycles. The molecule has 1 aromatic rings. The Labute approximate surface area is 117 Å². The molecule has 20 heavy (non-hydrogen) atoms. The summed E-state index contributed by atoms with van der Waals surface area (Å²) in [5.41, 5.74) is 2.32. The molecule has 0 spiro atoms. The van der Waals surface area contributed by atoms with E-state index in [1.807, 2.05) is 13.0 Å². The van der Waals surface area contributed by atoms with Crippen LogP contribution in [-0.4, -0.2) is 36.4 Å². The molecule has 0 aliphatic heterocycles. The summed E-state index contributed by atoms with van der Waals surface area (Å²) in [4.78, 5) is 22.4. The first-order valence-corrected chi connectivity index (χ1v) is 7.67. The van der Waals surface area contributed by atoms with Crippen molar-refractivity contribution in [3.63, 3.8) is 0 Å². The van der Waals surface area contributed by atoms with Gasteiger partial charge < -0.3 is 10.4 Å². The van der Waals surface area contributed by atoms with Gasteiger partial charge in [-0.2, -0.15) is 0 Å². The molecule has 7 heteroatoms. The summed E-state index contributed by atoms with van der Waals surface area (Å²) in [5.74, 6) is -3.07. The van der Waals surface area contributed by atoms with E-state index in [1.165, 1.54) is 0 Å². The van der Waals surface area contributed by atoms with Gasteiger partial charge >= 0.3 is 5.97 Å². The molecule has 0 heterocycles. The van der Waals surface area contributed by atoms with E-state index in [4.69, 9.17) is 5.11 Å². The number of sulfone groups is 1. The zero-order chi connectivity index (χ0) is 15.5. The van der Waals surface area contributed by atoms with Crippen LogP contribution in [0.1, 0.15) is 18.1 Å². The smallest absolute Gasteiger partial charge is 0.321 e. The number of nitrogens with one attached hydrogen (secondary N) is 1.